The topological polar surface area (TPSA) is 38.7 Å². The van der Waals surface area contributed by atoms with Crippen LogP contribution in [0.3, 0.4) is 0 Å². The van der Waals surface area contributed by atoms with E-state index in [0.717, 1.165) is 5.75 Å². The normalized spacial score (nSPS) is 37.9. The van der Waals surface area contributed by atoms with Crippen LogP contribution in [-0.4, -0.2) is 49.1 Å². The second-order valence-corrected chi connectivity index (χ2v) is 3.87. The first-order chi connectivity index (χ1) is 5.29. The van der Waals surface area contributed by atoms with E-state index in [0.29, 0.717) is 11.9 Å². The van der Waals surface area contributed by atoms with E-state index < -0.39 is 0 Å². The molecule has 1 heterocycles. The maximum atomic E-state index is 9.38. The first kappa shape index (κ1) is 9.32. The fourth-order valence-corrected chi connectivity index (χ4v) is 2.62. The lowest BCUT2D eigenvalue weighted by molar-refractivity contribution is -0.00383. The van der Waals surface area contributed by atoms with Crippen LogP contribution in [0.5, 0.6) is 0 Å². The minimum Gasteiger partial charge on any atom is -0.390 e. The fraction of sp³-hybridized carbons (Fsp3) is 1.00. The molecule has 3 nitrogen and oxygen atoms in total. The number of hydrogen-bond acceptors (Lipinski definition) is 4. The molecule has 3 atom stereocenters. The highest BCUT2D eigenvalue weighted by Gasteiger charge is 2.35. The molecule has 0 aromatic rings. The standard InChI is InChI=1S/C7H14O3S/c1-9-3-6-7(10-2)5(8)4-11-6/h5-8H,3-4H2,1-2H3. The highest BCUT2D eigenvalue weighted by atomic mass is 32.2. The molecule has 3 unspecified atom stereocenters. The summed E-state index contributed by atoms with van der Waals surface area (Å²) in [5, 5.41) is 9.68. The van der Waals surface area contributed by atoms with Gasteiger partial charge in [-0.15, -0.1) is 0 Å². The van der Waals surface area contributed by atoms with Gasteiger partial charge in [-0.2, -0.15) is 11.8 Å². The van der Waals surface area contributed by atoms with E-state index in [1.807, 2.05) is 0 Å². The summed E-state index contributed by atoms with van der Waals surface area (Å²) in [6, 6.07) is 0. The predicted octanol–water partition coefficient (Wildman–Crippen LogP) is 0.124. The lowest BCUT2D eigenvalue weighted by atomic mass is 10.2. The minimum absolute atomic E-state index is 0.0556. The Labute approximate surface area is 71.1 Å². The molecule has 0 spiro atoms. The lowest BCUT2D eigenvalue weighted by Gasteiger charge is -2.18. The van der Waals surface area contributed by atoms with Crippen molar-refractivity contribution in [1.29, 1.82) is 0 Å². The molecule has 0 aromatic heterocycles. The average Bonchev–Trinajstić information content (AvgIpc) is 2.33. The van der Waals surface area contributed by atoms with Gasteiger partial charge in [0.15, 0.2) is 0 Å². The molecule has 1 fully saturated rings. The van der Waals surface area contributed by atoms with E-state index in [9.17, 15) is 5.11 Å². The third-order valence-electron chi connectivity index (χ3n) is 1.83. The largest absolute Gasteiger partial charge is 0.390 e. The maximum Gasteiger partial charge on any atom is 0.0978 e. The number of aliphatic hydroxyl groups is 1. The Balaban J connectivity index is 2.40. The van der Waals surface area contributed by atoms with Gasteiger partial charge in [-0.1, -0.05) is 0 Å². The monoisotopic (exact) mass is 178 g/mol. The maximum absolute atomic E-state index is 9.38. The summed E-state index contributed by atoms with van der Waals surface area (Å²) in [4.78, 5) is 0. The van der Waals surface area contributed by atoms with E-state index in [2.05, 4.69) is 0 Å². The summed E-state index contributed by atoms with van der Waals surface area (Å²) >= 11 is 1.71. The van der Waals surface area contributed by atoms with Crippen molar-refractivity contribution in [2.45, 2.75) is 17.5 Å². The molecule has 0 radical (unpaired) electrons. The van der Waals surface area contributed by atoms with Crippen molar-refractivity contribution < 1.29 is 14.6 Å². The summed E-state index contributed by atoms with van der Waals surface area (Å²) in [5.41, 5.74) is 0. The molecule has 66 valence electrons. The molecule has 4 heteroatoms. The van der Waals surface area contributed by atoms with Crippen LogP contribution in [0.4, 0.5) is 0 Å². The summed E-state index contributed by atoms with van der Waals surface area (Å²) in [6.07, 6.45) is -0.384. The number of hydrogen-bond donors (Lipinski definition) is 1. The first-order valence-electron chi connectivity index (χ1n) is 3.61. The molecule has 1 aliphatic rings. The van der Waals surface area contributed by atoms with Gasteiger partial charge in [0.05, 0.1) is 24.1 Å². The van der Waals surface area contributed by atoms with Crippen molar-refractivity contribution in [2.24, 2.45) is 0 Å². The zero-order chi connectivity index (χ0) is 8.27. The van der Waals surface area contributed by atoms with Crippen molar-refractivity contribution in [3.05, 3.63) is 0 Å². The van der Waals surface area contributed by atoms with E-state index in [-0.39, 0.29) is 12.2 Å². The Morgan fingerprint density at radius 3 is 2.82 bits per heavy atom. The molecule has 1 aliphatic heterocycles. The average molecular weight is 178 g/mol. The summed E-state index contributed by atoms with van der Waals surface area (Å²) in [6.45, 7) is 0.653. The highest BCUT2D eigenvalue weighted by Crippen LogP contribution is 2.29. The molecular weight excluding hydrogens is 164 g/mol. The Morgan fingerprint density at radius 2 is 2.27 bits per heavy atom. The van der Waals surface area contributed by atoms with E-state index >= 15 is 0 Å². The molecule has 1 N–H and O–H groups in total. The Kier molecular flexibility index (Phi) is 3.65. The molecule has 0 saturated carbocycles. The molecule has 0 bridgehead atoms. The van der Waals surface area contributed by atoms with E-state index in [1.54, 1.807) is 26.0 Å². The number of thioether (sulfide) groups is 1. The van der Waals surface area contributed by atoms with Gasteiger partial charge in [-0.25, -0.2) is 0 Å². The zero-order valence-corrected chi connectivity index (χ0v) is 7.63. The summed E-state index contributed by atoms with van der Waals surface area (Å²) < 4.78 is 10.1. The van der Waals surface area contributed by atoms with Crippen LogP contribution >= 0.6 is 11.8 Å². The third-order valence-corrected chi connectivity index (χ3v) is 3.20. The van der Waals surface area contributed by atoms with E-state index in [1.165, 1.54) is 0 Å². The zero-order valence-electron chi connectivity index (χ0n) is 6.82. The highest BCUT2D eigenvalue weighted by molar-refractivity contribution is 8.00. The Hall–Kier alpha value is 0.230. The van der Waals surface area contributed by atoms with Crippen molar-refractivity contribution in [3.8, 4) is 0 Å². The van der Waals surface area contributed by atoms with Crippen LogP contribution in [0.15, 0.2) is 0 Å². The lowest BCUT2D eigenvalue weighted by Crippen LogP contribution is -2.33. The van der Waals surface area contributed by atoms with Gasteiger partial charge in [0.2, 0.25) is 0 Å². The van der Waals surface area contributed by atoms with Crippen LogP contribution in [-0.2, 0) is 9.47 Å². The van der Waals surface area contributed by atoms with Gasteiger partial charge in [-0.05, 0) is 0 Å². The van der Waals surface area contributed by atoms with Gasteiger partial charge in [0.1, 0.15) is 0 Å². The molecule has 0 aromatic carbocycles. The number of rotatable bonds is 3. The van der Waals surface area contributed by atoms with Gasteiger partial charge in [0, 0.05) is 20.0 Å². The Morgan fingerprint density at radius 1 is 1.55 bits per heavy atom. The second kappa shape index (κ2) is 4.30. The quantitative estimate of drug-likeness (QED) is 0.666. The van der Waals surface area contributed by atoms with Gasteiger partial charge >= 0.3 is 0 Å². The molecule has 0 amide bonds. The fourth-order valence-electron chi connectivity index (χ4n) is 1.28. The molecular formula is C7H14O3S. The minimum atomic E-state index is -0.329. The molecule has 0 aliphatic carbocycles. The smallest absolute Gasteiger partial charge is 0.0978 e. The van der Waals surface area contributed by atoms with E-state index in [4.69, 9.17) is 9.47 Å². The Bertz CT molecular complexity index is 118. The number of aliphatic hydroxyl groups excluding tert-OH is 1. The van der Waals surface area contributed by atoms with Crippen LogP contribution in [0.2, 0.25) is 0 Å². The van der Waals surface area contributed by atoms with Crippen LogP contribution in [0.1, 0.15) is 0 Å². The van der Waals surface area contributed by atoms with Gasteiger partial charge in [-0.3, -0.25) is 0 Å². The van der Waals surface area contributed by atoms with Gasteiger partial charge < -0.3 is 14.6 Å². The van der Waals surface area contributed by atoms with Crippen LogP contribution in [0, 0.1) is 0 Å². The predicted molar refractivity (Wildman–Crippen MR) is 44.9 cm³/mol. The van der Waals surface area contributed by atoms with Crippen molar-refractivity contribution in [3.63, 3.8) is 0 Å². The molecule has 1 rings (SSSR count). The number of ether oxygens (including phenoxy) is 2. The van der Waals surface area contributed by atoms with Crippen LogP contribution in [0.25, 0.3) is 0 Å². The molecule has 11 heavy (non-hydrogen) atoms. The van der Waals surface area contributed by atoms with Crippen molar-refractivity contribution >= 4 is 11.8 Å². The first-order valence-corrected chi connectivity index (χ1v) is 4.66. The van der Waals surface area contributed by atoms with Gasteiger partial charge in [0.25, 0.3) is 0 Å². The summed E-state index contributed by atoms with van der Waals surface area (Å²) in [7, 11) is 3.29. The third kappa shape index (κ3) is 2.08. The van der Waals surface area contributed by atoms with Crippen molar-refractivity contribution in [1.82, 2.24) is 0 Å². The van der Waals surface area contributed by atoms with Crippen LogP contribution < -0.4 is 0 Å². The second-order valence-electron chi connectivity index (χ2n) is 2.59. The van der Waals surface area contributed by atoms with Crippen molar-refractivity contribution in [2.75, 3.05) is 26.6 Å². The summed E-state index contributed by atoms with van der Waals surface area (Å²) in [5.74, 6) is 0.756. The molecule has 1 saturated heterocycles. The SMILES string of the molecule is COCC1SCC(O)C1OC. The number of methoxy groups -OCH3 is 2.